The summed E-state index contributed by atoms with van der Waals surface area (Å²) in [6, 6.07) is 9.41. The van der Waals surface area contributed by atoms with E-state index in [1.54, 1.807) is 6.92 Å². The van der Waals surface area contributed by atoms with Gasteiger partial charge in [-0.1, -0.05) is 43.2 Å². The lowest BCUT2D eigenvalue weighted by molar-refractivity contribution is -0.137. The van der Waals surface area contributed by atoms with Crippen molar-refractivity contribution in [2.45, 2.75) is 82.9 Å². The van der Waals surface area contributed by atoms with E-state index in [2.05, 4.69) is 10.2 Å². The first kappa shape index (κ1) is 20.8. The van der Waals surface area contributed by atoms with E-state index in [0.717, 1.165) is 24.9 Å². The van der Waals surface area contributed by atoms with E-state index in [1.807, 2.05) is 30.3 Å². The first-order chi connectivity index (χ1) is 13.6. The molecule has 154 valence electrons. The van der Waals surface area contributed by atoms with Crippen molar-refractivity contribution in [2.24, 2.45) is 5.92 Å². The van der Waals surface area contributed by atoms with E-state index in [1.165, 1.54) is 25.7 Å². The Morgan fingerprint density at radius 1 is 1.11 bits per heavy atom. The fourth-order valence-electron chi connectivity index (χ4n) is 4.82. The van der Waals surface area contributed by atoms with Gasteiger partial charge < -0.3 is 15.3 Å². The van der Waals surface area contributed by atoms with Crippen LogP contribution in [0, 0.1) is 5.92 Å². The molecule has 0 spiro atoms. The number of benzene rings is 1. The van der Waals surface area contributed by atoms with Gasteiger partial charge in [0.15, 0.2) is 0 Å². The molecule has 2 aliphatic rings. The number of likely N-dealkylation sites (tertiary alicyclic amines) is 1. The number of aliphatic hydroxyl groups is 1. The summed E-state index contributed by atoms with van der Waals surface area (Å²) in [6.07, 6.45) is 7.90. The fraction of sp³-hybridized carbons (Fsp3) is 0.652. The number of nitrogens with one attached hydrogen (secondary N) is 1. The third kappa shape index (κ3) is 5.34. The molecule has 1 saturated carbocycles. The number of nitrogens with zero attached hydrogens (tertiary/aromatic N) is 1. The molecule has 3 rings (SSSR count). The van der Waals surface area contributed by atoms with Crippen LogP contribution in [-0.2, 0) is 9.59 Å². The third-order valence-electron chi connectivity index (χ3n) is 6.36. The highest BCUT2D eigenvalue weighted by molar-refractivity contribution is 5.79. The van der Waals surface area contributed by atoms with Crippen molar-refractivity contribution >= 4 is 11.8 Å². The van der Waals surface area contributed by atoms with E-state index in [0.29, 0.717) is 31.2 Å². The molecule has 28 heavy (non-hydrogen) atoms. The molecule has 0 aromatic heterocycles. The molecule has 1 aromatic rings. The second kappa shape index (κ2) is 10.1. The largest absolute Gasteiger partial charge is 0.386 e. The summed E-state index contributed by atoms with van der Waals surface area (Å²) >= 11 is 0. The Kier molecular flexibility index (Phi) is 7.49. The smallest absolute Gasteiger partial charge is 0.222 e. The molecule has 2 fully saturated rings. The number of hydrogen-bond donors (Lipinski definition) is 2. The molecular formula is C23H34N2O3. The second-order valence-electron chi connectivity index (χ2n) is 8.41. The van der Waals surface area contributed by atoms with Crippen molar-refractivity contribution < 1.29 is 14.7 Å². The number of fused-ring (bicyclic) bond motifs is 1. The van der Waals surface area contributed by atoms with Gasteiger partial charge >= 0.3 is 0 Å². The predicted octanol–water partition coefficient (Wildman–Crippen LogP) is 3.58. The highest BCUT2D eigenvalue weighted by Crippen LogP contribution is 2.35. The molecule has 2 unspecified atom stereocenters. The molecule has 2 N–H and O–H groups in total. The number of rotatable bonds is 7. The maximum atomic E-state index is 12.7. The van der Waals surface area contributed by atoms with Crippen molar-refractivity contribution in [3.05, 3.63) is 35.9 Å². The van der Waals surface area contributed by atoms with Crippen LogP contribution in [0.1, 0.15) is 76.4 Å². The Morgan fingerprint density at radius 2 is 1.82 bits per heavy atom. The van der Waals surface area contributed by atoms with Crippen LogP contribution in [0.3, 0.4) is 0 Å². The van der Waals surface area contributed by atoms with Crippen molar-refractivity contribution in [3.63, 3.8) is 0 Å². The van der Waals surface area contributed by atoms with Crippen LogP contribution in [0.2, 0.25) is 0 Å². The van der Waals surface area contributed by atoms with Gasteiger partial charge in [0.25, 0.3) is 0 Å². The van der Waals surface area contributed by atoms with Crippen LogP contribution in [0.5, 0.6) is 0 Å². The number of carbonyl (C=O) groups is 2. The van der Waals surface area contributed by atoms with Gasteiger partial charge in [-0.05, 0) is 50.5 Å². The highest BCUT2D eigenvalue weighted by Gasteiger charge is 2.35. The highest BCUT2D eigenvalue weighted by atomic mass is 16.3. The monoisotopic (exact) mass is 386 g/mol. The lowest BCUT2D eigenvalue weighted by Crippen LogP contribution is -2.49. The zero-order valence-corrected chi connectivity index (χ0v) is 17.0. The van der Waals surface area contributed by atoms with Crippen LogP contribution >= 0.6 is 0 Å². The van der Waals surface area contributed by atoms with Crippen molar-refractivity contribution in [2.75, 3.05) is 6.54 Å². The molecule has 1 aliphatic carbocycles. The van der Waals surface area contributed by atoms with E-state index in [-0.39, 0.29) is 17.9 Å². The summed E-state index contributed by atoms with van der Waals surface area (Å²) in [5.41, 5.74) is 0.789. The van der Waals surface area contributed by atoms with E-state index in [9.17, 15) is 14.7 Å². The summed E-state index contributed by atoms with van der Waals surface area (Å²) in [7, 11) is 0. The molecule has 1 aliphatic heterocycles. The Labute approximate surface area is 168 Å². The normalized spacial score (nSPS) is 24.1. The summed E-state index contributed by atoms with van der Waals surface area (Å²) in [5, 5.41) is 13.2. The van der Waals surface area contributed by atoms with Gasteiger partial charge in [-0.3, -0.25) is 9.59 Å². The van der Waals surface area contributed by atoms with Gasteiger partial charge in [-0.25, -0.2) is 0 Å². The Hall–Kier alpha value is -1.88. The van der Waals surface area contributed by atoms with Gasteiger partial charge in [0.05, 0.1) is 12.1 Å². The molecule has 1 heterocycles. The summed E-state index contributed by atoms with van der Waals surface area (Å²) in [6.45, 7) is 2.68. The van der Waals surface area contributed by atoms with E-state index >= 15 is 0 Å². The molecule has 5 heteroatoms. The number of aliphatic hydroxyl groups excluding tert-OH is 1. The summed E-state index contributed by atoms with van der Waals surface area (Å²) < 4.78 is 0. The minimum Gasteiger partial charge on any atom is -0.386 e. The fourth-order valence-corrected chi connectivity index (χ4v) is 4.82. The molecule has 2 amide bonds. The molecule has 0 radical (unpaired) electrons. The van der Waals surface area contributed by atoms with Gasteiger partial charge in [-0.15, -0.1) is 0 Å². The molecule has 4 atom stereocenters. The topological polar surface area (TPSA) is 69.6 Å². The van der Waals surface area contributed by atoms with Crippen molar-refractivity contribution in [1.82, 2.24) is 10.2 Å². The zero-order valence-electron chi connectivity index (χ0n) is 17.0. The number of hydrogen-bond acceptors (Lipinski definition) is 3. The minimum atomic E-state index is -0.733. The first-order valence-electron chi connectivity index (χ1n) is 10.9. The van der Waals surface area contributed by atoms with Crippen molar-refractivity contribution in [3.8, 4) is 0 Å². The SMILES string of the molecule is C[C@H](NC(=O)CCCC(=O)N1CCCC2CCCCC21)[C@H](O)c1ccccc1. The molecule has 0 bridgehead atoms. The van der Waals surface area contributed by atoms with E-state index in [4.69, 9.17) is 0 Å². The summed E-state index contributed by atoms with van der Waals surface area (Å²) in [4.78, 5) is 27.0. The predicted molar refractivity (Wildman–Crippen MR) is 110 cm³/mol. The van der Waals surface area contributed by atoms with Gasteiger partial charge in [-0.2, -0.15) is 0 Å². The maximum Gasteiger partial charge on any atom is 0.222 e. The number of amides is 2. The van der Waals surface area contributed by atoms with Crippen LogP contribution in [0.4, 0.5) is 0 Å². The lowest BCUT2D eigenvalue weighted by atomic mass is 9.78. The molecular weight excluding hydrogens is 352 g/mol. The molecule has 1 aromatic carbocycles. The Balaban J connectivity index is 1.40. The molecule has 1 saturated heterocycles. The number of carbonyl (C=O) groups excluding carboxylic acids is 2. The van der Waals surface area contributed by atoms with Crippen LogP contribution in [0.25, 0.3) is 0 Å². The van der Waals surface area contributed by atoms with E-state index < -0.39 is 6.10 Å². The quantitative estimate of drug-likeness (QED) is 0.753. The van der Waals surface area contributed by atoms with Gasteiger partial charge in [0, 0.05) is 25.4 Å². The average Bonchev–Trinajstić information content (AvgIpc) is 2.73. The van der Waals surface area contributed by atoms with Crippen LogP contribution in [0.15, 0.2) is 30.3 Å². The minimum absolute atomic E-state index is 0.107. The zero-order chi connectivity index (χ0) is 19.9. The first-order valence-corrected chi connectivity index (χ1v) is 10.9. The maximum absolute atomic E-state index is 12.7. The van der Waals surface area contributed by atoms with Gasteiger partial charge in [0.2, 0.25) is 11.8 Å². The molecule has 5 nitrogen and oxygen atoms in total. The standard InChI is InChI=1S/C23H34N2O3/c1-17(23(28)19-10-3-2-4-11-19)24-21(26)14-7-15-22(27)25-16-8-12-18-9-5-6-13-20(18)25/h2-4,10-11,17-18,20,23,28H,5-9,12-16H2,1H3,(H,24,26)/t17-,18?,20?,23-/m0/s1. The Bertz CT molecular complexity index is 647. The summed E-state index contributed by atoms with van der Waals surface area (Å²) in [5.74, 6) is 0.793. The van der Waals surface area contributed by atoms with Crippen molar-refractivity contribution in [1.29, 1.82) is 0 Å². The average molecular weight is 387 g/mol. The van der Waals surface area contributed by atoms with Gasteiger partial charge in [0.1, 0.15) is 0 Å². The second-order valence-corrected chi connectivity index (χ2v) is 8.41. The Morgan fingerprint density at radius 3 is 2.61 bits per heavy atom. The number of piperidine rings is 1. The van der Waals surface area contributed by atoms with Crippen LogP contribution < -0.4 is 5.32 Å². The van der Waals surface area contributed by atoms with Crippen LogP contribution in [-0.4, -0.2) is 40.4 Å². The lowest BCUT2D eigenvalue weighted by Gasteiger charge is -2.44. The third-order valence-corrected chi connectivity index (χ3v) is 6.36.